The number of urea groups is 1. The maximum atomic E-state index is 13.2. The molecule has 0 unspecified atom stereocenters. The summed E-state index contributed by atoms with van der Waals surface area (Å²) >= 11 is 0. The van der Waals surface area contributed by atoms with Gasteiger partial charge in [-0.05, 0) is 42.2 Å². The van der Waals surface area contributed by atoms with E-state index < -0.39 is 30.7 Å². The molecule has 4 rings (SSSR count). The number of para-hydroxylation sites is 1. The summed E-state index contributed by atoms with van der Waals surface area (Å²) in [7, 11) is 1.90. The molecule has 35 heavy (non-hydrogen) atoms. The zero-order valence-corrected chi connectivity index (χ0v) is 21.4. The molecule has 188 valence electrons. The third-order valence-electron chi connectivity index (χ3n) is 7.52. The van der Waals surface area contributed by atoms with Gasteiger partial charge in [0.25, 0.3) is 5.91 Å². The minimum atomic E-state index is -0.980. The van der Waals surface area contributed by atoms with Crippen molar-refractivity contribution in [1.29, 1.82) is 0 Å². The van der Waals surface area contributed by atoms with Gasteiger partial charge in [0.1, 0.15) is 12.1 Å². The van der Waals surface area contributed by atoms with Gasteiger partial charge in [-0.3, -0.25) is 19.3 Å². The van der Waals surface area contributed by atoms with Crippen LogP contribution >= 0.6 is 0 Å². The molecule has 1 saturated carbocycles. The van der Waals surface area contributed by atoms with Gasteiger partial charge in [0, 0.05) is 29.9 Å². The SMILES string of the molecule is C[C@H]1CC(C)(C)C[C@]2(C1)NC(=O)N(CC(=O)OCC(=O)/C=C1/N(C)c3ccccc3C1(C)C)C2=O. The first kappa shape index (κ1) is 24.9. The van der Waals surface area contributed by atoms with Crippen LogP contribution in [0.5, 0.6) is 0 Å². The molecule has 8 nitrogen and oxygen atoms in total. The number of ketones is 1. The Morgan fingerprint density at radius 1 is 1.14 bits per heavy atom. The fourth-order valence-electron chi connectivity index (χ4n) is 6.43. The van der Waals surface area contributed by atoms with E-state index in [0.717, 1.165) is 28.3 Å². The summed E-state index contributed by atoms with van der Waals surface area (Å²) in [6, 6.07) is 7.37. The third-order valence-corrected chi connectivity index (χ3v) is 7.52. The van der Waals surface area contributed by atoms with E-state index in [1.807, 2.05) is 50.1 Å². The van der Waals surface area contributed by atoms with Crippen molar-refractivity contribution < 1.29 is 23.9 Å². The molecule has 2 aliphatic heterocycles. The van der Waals surface area contributed by atoms with Crippen LogP contribution in [0.3, 0.4) is 0 Å². The van der Waals surface area contributed by atoms with Gasteiger partial charge in [-0.1, -0.05) is 52.8 Å². The number of fused-ring (bicyclic) bond motifs is 1. The molecule has 1 aromatic rings. The smallest absolute Gasteiger partial charge is 0.326 e. The Hall–Kier alpha value is -3.16. The monoisotopic (exact) mass is 481 g/mol. The fraction of sp³-hybridized carbons (Fsp3) is 0.556. The molecule has 8 heteroatoms. The van der Waals surface area contributed by atoms with Crippen LogP contribution in [0.1, 0.15) is 59.4 Å². The summed E-state index contributed by atoms with van der Waals surface area (Å²) in [4.78, 5) is 53.8. The highest BCUT2D eigenvalue weighted by Crippen LogP contribution is 2.47. The lowest BCUT2D eigenvalue weighted by molar-refractivity contribution is -0.150. The number of amides is 3. The second kappa shape index (κ2) is 8.50. The predicted octanol–water partition coefficient (Wildman–Crippen LogP) is 3.55. The van der Waals surface area contributed by atoms with Gasteiger partial charge in [-0.25, -0.2) is 4.79 Å². The number of anilines is 1. The molecule has 0 radical (unpaired) electrons. The molecule has 3 amide bonds. The number of nitrogens with one attached hydrogen (secondary N) is 1. The van der Waals surface area contributed by atoms with E-state index >= 15 is 0 Å². The average molecular weight is 482 g/mol. The highest BCUT2D eigenvalue weighted by molar-refractivity contribution is 6.09. The Balaban J connectivity index is 1.38. The van der Waals surface area contributed by atoms with Gasteiger partial charge in [0.05, 0.1) is 0 Å². The second-order valence-corrected chi connectivity index (χ2v) is 11.6. The van der Waals surface area contributed by atoms with Crippen LogP contribution in [0.15, 0.2) is 36.0 Å². The lowest BCUT2D eigenvalue weighted by atomic mass is 9.64. The summed E-state index contributed by atoms with van der Waals surface area (Å²) in [5, 5.41) is 2.84. The Kier molecular flexibility index (Phi) is 6.06. The summed E-state index contributed by atoms with van der Waals surface area (Å²) in [6.45, 7) is 9.36. The Morgan fingerprint density at radius 2 is 1.83 bits per heavy atom. The molecule has 1 aliphatic carbocycles. The van der Waals surface area contributed by atoms with Crippen LogP contribution in [0.4, 0.5) is 10.5 Å². The van der Waals surface area contributed by atoms with E-state index in [2.05, 4.69) is 26.1 Å². The zero-order valence-electron chi connectivity index (χ0n) is 21.4. The Morgan fingerprint density at radius 3 is 2.49 bits per heavy atom. The van der Waals surface area contributed by atoms with Crippen molar-refractivity contribution in [3.63, 3.8) is 0 Å². The van der Waals surface area contributed by atoms with Crippen LogP contribution < -0.4 is 10.2 Å². The van der Waals surface area contributed by atoms with E-state index in [0.29, 0.717) is 12.8 Å². The summed E-state index contributed by atoms with van der Waals surface area (Å²) in [6.07, 6.45) is 3.54. The number of carbonyl (C=O) groups excluding carboxylic acids is 4. The largest absolute Gasteiger partial charge is 0.456 e. The standard InChI is InChI=1S/C27H35N3O5/c1-17-12-25(2,3)16-27(13-17)23(33)30(24(34)28-27)14-22(32)35-15-18(31)11-21-26(4,5)19-9-7-8-10-20(19)29(21)6/h7-11,17H,12-16H2,1-6H3,(H,28,34)/b21-11+/t17-,27-/m0/s1. The number of carbonyl (C=O) groups is 4. The summed E-state index contributed by atoms with van der Waals surface area (Å²) in [5.74, 6) is -1.27. The van der Waals surface area contributed by atoms with Crippen molar-refractivity contribution in [3.05, 3.63) is 41.6 Å². The van der Waals surface area contributed by atoms with Crippen molar-refractivity contribution in [3.8, 4) is 0 Å². The zero-order chi connectivity index (χ0) is 25.8. The van der Waals surface area contributed by atoms with Crippen LogP contribution in [0.25, 0.3) is 0 Å². The number of ether oxygens (including phenoxy) is 1. The molecular formula is C27H35N3O5. The van der Waals surface area contributed by atoms with Crippen LogP contribution in [0.2, 0.25) is 0 Å². The van der Waals surface area contributed by atoms with Crippen molar-refractivity contribution in [2.45, 2.75) is 64.8 Å². The molecule has 3 aliphatic rings. The lowest BCUT2D eigenvalue weighted by Gasteiger charge is -2.43. The van der Waals surface area contributed by atoms with Crippen molar-refractivity contribution >= 4 is 29.4 Å². The fourth-order valence-corrected chi connectivity index (χ4v) is 6.43. The minimum absolute atomic E-state index is 0.0993. The number of nitrogens with zero attached hydrogens (tertiary/aromatic N) is 2. The quantitative estimate of drug-likeness (QED) is 0.393. The Labute approximate surface area is 206 Å². The van der Waals surface area contributed by atoms with Crippen molar-refractivity contribution in [2.75, 3.05) is 25.1 Å². The maximum Gasteiger partial charge on any atom is 0.326 e. The first-order valence-corrected chi connectivity index (χ1v) is 12.1. The van der Waals surface area contributed by atoms with Gasteiger partial charge >= 0.3 is 12.0 Å². The number of allylic oxidation sites excluding steroid dienone is 1. The number of imide groups is 1. The molecule has 1 spiro atoms. The average Bonchev–Trinajstić information content (AvgIpc) is 3.08. The van der Waals surface area contributed by atoms with Gasteiger partial charge in [-0.15, -0.1) is 0 Å². The van der Waals surface area contributed by atoms with Gasteiger partial charge in [-0.2, -0.15) is 0 Å². The first-order chi connectivity index (χ1) is 16.3. The number of esters is 1. The molecule has 0 aromatic heterocycles. The molecular weight excluding hydrogens is 446 g/mol. The Bertz CT molecular complexity index is 1120. The number of benzene rings is 1. The van der Waals surface area contributed by atoms with E-state index in [4.69, 9.17) is 4.74 Å². The van der Waals surface area contributed by atoms with Gasteiger partial charge < -0.3 is 15.0 Å². The number of likely N-dealkylation sites (N-methyl/N-ethyl adjacent to an activating group) is 1. The molecule has 1 aromatic carbocycles. The van der Waals surface area contributed by atoms with Crippen LogP contribution in [0, 0.1) is 11.3 Å². The molecule has 2 atom stereocenters. The molecule has 1 N–H and O–H groups in total. The maximum absolute atomic E-state index is 13.2. The first-order valence-electron chi connectivity index (χ1n) is 12.1. The van der Waals surface area contributed by atoms with Crippen molar-refractivity contribution in [1.82, 2.24) is 10.2 Å². The predicted molar refractivity (Wildman–Crippen MR) is 132 cm³/mol. The summed E-state index contributed by atoms with van der Waals surface area (Å²) < 4.78 is 5.17. The van der Waals surface area contributed by atoms with Crippen molar-refractivity contribution in [2.24, 2.45) is 11.3 Å². The third kappa shape index (κ3) is 4.46. The molecule has 2 fully saturated rings. The molecule has 1 saturated heterocycles. The normalized spacial score (nSPS) is 27.8. The highest BCUT2D eigenvalue weighted by atomic mass is 16.5. The summed E-state index contributed by atoms with van der Waals surface area (Å²) in [5.41, 5.74) is 1.51. The number of hydrogen-bond donors (Lipinski definition) is 1. The van der Waals surface area contributed by atoms with E-state index in [1.165, 1.54) is 6.08 Å². The van der Waals surface area contributed by atoms with E-state index in [1.54, 1.807) is 0 Å². The molecule has 0 bridgehead atoms. The topological polar surface area (TPSA) is 96.0 Å². The minimum Gasteiger partial charge on any atom is -0.456 e. The van der Waals surface area contributed by atoms with Crippen LogP contribution in [-0.4, -0.2) is 54.3 Å². The highest BCUT2D eigenvalue weighted by Gasteiger charge is 2.56. The molecule has 2 heterocycles. The van der Waals surface area contributed by atoms with Crippen LogP contribution in [-0.2, 0) is 24.5 Å². The number of rotatable bonds is 5. The van der Waals surface area contributed by atoms with E-state index in [9.17, 15) is 19.2 Å². The number of hydrogen-bond acceptors (Lipinski definition) is 6. The lowest BCUT2D eigenvalue weighted by Crippen LogP contribution is -2.54. The van der Waals surface area contributed by atoms with Gasteiger partial charge in [0.2, 0.25) is 0 Å². The van der Waals surface area contributed by atoms with Gasteiger partial charge in [0.15, 0.2) is 12.4 Å². The van der Waals surface area contributed by atoms with E-state index in [-0.39, 0.29) is 28.4 Å². The second-order valence-electron chi connectivity index (χ2n) is 11.6.